The minimum absolute atomic E-state index is 0.00429. The maximum absolute atomic E-state index is 13.5. The van der Waals surface area contributed by atoms with Crippen molar-refractivity contribution >= 4 is 11.8 Å². The summed E-state index contributed by atoms with van der Waals surface area (Å²) < 4.78 is 26.9. The van der Waals surface area contributed by atoms with Gasteiger partial charge in [-0.1, -0.05) is 12.1 Å². The van der Waals surface area contributed by atoms with E-state index in [0.717, 1.165) is 11.8 Å². The molecule has 0 saturated carbocycles. The van der Waals surface area contributed by atoms with Crippen LogP contribution in [0.25, 0.3) is 0 Å². The van der Waals surface area contributed by atoms with E-state index in [-0.39, 0.29) is 17.6 Å². The van der Waals surface area contributed by atoms with E-state index >= 15 is 0 Å². The van der Waals surface area contributed by atoms with Gasteiger partial charge in [0.1, 0.15) is 5.82 Å². The number of rotatable bonds is 3. The molecule has 1 heterocycles. The van der Waals surface area contributed by atoms with Crippen molar-refractivity contribution in [2.75, 3.05) is 11.1 Å². The highest BCUT2D eigenvalue weighted by Crippen LogP contribution is 2.17. The molecular weight excluding hydrogens is 250 g/mol. The van der Waals surface area contributed by atoms with Gasteiger partial charge in [0.15, 0.2) is 11.6 Å². The molecular formula is C13H14F2N4. The fourth-order valence-electron chi connectivity index (χ4n) is 1.83. The molecule has 2 rings (SSSR count). The number of nitrogen functional groups attached to an aromatic ring is 1. The topological polar surface area (TPSA) is 63.8 Å². The van der Waals surface area contributed by atoms with Gasteiger partial charge in [0.25, 0.3) is 0 Å². The molecule has 1 aromatic carbocycles. The summed E-state index contributed by atoms with van der Waals surface area (Å²) in [6, 6.07) is 3.41. The first kappa shape index (κ1) is 13.2. The number of nitrogens with two attached hydrogens (primary N) is 1. The standard InChI is InChI=1S/C13H14F2N4/c1-7-3-9(4-8(2)11(7)15)5-17-12-10(14)6-18-13(16)19-12/h3-4,6H,5H2,1-2H3,(H3,16,17,18,19). The lowest BCUT2D eigenvalue weighted by molar-refractivity contribution is 0.608. The summed E-state index contributed by atoms with van der Waals surface area (Å²) in [5.41, 5.74) is 7.34. The van der Waals surface area contributed by atoms with Gasteiger partial charge in [0, 0.05) is 6.54 Å². The number of hydrogen-bond donors (Lipinski definition) is 2. The summed E-state index contributed by atoms with van der Waals surface area (Å²) in [5, 5.41) is 2.82. The smallest absolute Gasteiger partial charge is 0.222 e. The Morgan fingerprint density at radius 1 is 1.21 bits per heavy atom. The van der Waals surface area contributed by atoms with Crippen LogP contribution in [-0.2, 0) is 6.54 Å². The third-order valence-corrected chi connectivity index (χ3v) is 2.72. The number of halogens is 2. The van der Waals surface area contributed by atoms with Gasteiger partial charge in [0.2, 0.25) is 5.95 Å². The Morgan fingerprint density at radius 2 is 1.84 bits per heavy atom. The molecule has 0 amide bonds. The molecule has 0 aliphatic rings. The van der Waals surface area contributed by atoms with Gasteiger partial charge in [-0.05, 0) is 30.5 Å². The largest absolute Gasteiger partial charge is 0.368 e. The van der Waals surface area contributed by atoms with Gasteiger partial charge < -0.3 is 11.1 Å². The first-order valence-electron chi connectivity index (χ1n) is 5.75. The minimum Gasteiger partial charge on any atom is -0.368 e. The summed E-state index contributed by atoms with van der Waals surface area (Å²) in [5.74, 6) is -0.770. The zero-order valence-electron chi connectivity index (χ0n) is 10.7. The third-order valence-electron chi connectivity index (χ3n) is 2.72. The summed E-state index contributed by atoms with van der Waals surface area (Å²) >= 11 is 0. The van der Waals surface area contributed by atoms with Crippen molar-refractivity contribution in [3.8, 4) is 0 Å². The van der Waals surface area contributed by atoms with Crippen LogP contribution in [-0.4, -0.2) is 9.97 Å². The summed E-state index contributed by atoms with van der Waals surface area (Å²) in [6.45, 7) is 3.71. The quantitative estimate of drug-likeness (QED) is 0.894. The van der Waals surface area contributed by atoms with Crippen LogP contribution in [0, 0.1) is 25.5 Å². The lowest BCUT2D eigenvalue weighted by atomic mass is 10.1. The third kappa shape index (κ3) is 2.96. The molecule has 19 heavy (non-hydrogen) atoms. The van der Waals surface area contributed by atoms with Crippen LogP contribution in [0.1, 0.15) is 16.7 Å². The molecule has 0 atom stereocenters. The predicted molar refractivity (Wildman–Crippen MR) is 69.6 cm³/mol. The lowest BCUT2D eigenvalue weighted by Gasteiger charge is -2.09. The van der Waals surface area contributed by atoms with Gasteiger partial charge in [0.05, 0.1) is 6.20 Å². The Kier molecular flexibility index (Phi) is 3.59. The zero-order chi connectivity index (χ0) is 14.0. The number of anilines is 2. The fraction of sp³-hybridized carbons (Fsp3) is 0.231. The average Bonchev–Trinajstić information content (AvgIpc) is 2.37. The van der Waals surface area contributed by atoms with Crippen molar-refractivity contribution in [1.82, 2.24) is 9.97 Å². The second-order valence-electron chi connectivity index (χ2n) is 4.32. The number of benzene rings is 1. The zero-order valence-corrected chi connectivity index (χ0v) is 10.7. The Bertz CT molecular complexity index is 591. The number of aromatic nitrogens is 2. The van der Waals surface area contributed by atoms with Crippen molar-refractivity contribution in [1.29, 1.82) is 0 Å². The van der Waals surface area contributed by atoms with Crippen LogP contribution >= 0.6 is 0 Å². The number of nitrogens with one attached hydrogen (secondary N) is 1. The molecule has 3 N–H and O–H groups in total. The molecule has 1 aromatic heterocycles. The Labute approximate surface area is 109 Å². The fourth-order valence-corrected chi connectivity index (χ4v) is 1.83. The average molecular weight is 264 g/mol. The number of aryl methyl sites for hydroxylation is 2. The minimum atomic E-state index is -0.579. The van der Waals surface area contributed by atoms with Crippen molar-refractivity contribution < 1.29 is 8.78 Å². The number of hydrogen-bond acceptors (Lipinski definition) is 4. The van der Waals surface area contributed by atoms with Gasteiger partial charge in [-0.15, -0.1) is 0 Å². The summed E-state index contributed by atoms with van der Waals surface area (Å²) in [6.07, 6.45) is 1.01. The monoisotopic (exact) mass is 264 g/mol. The van der Waals surface area contributed by atoms with E-state index in [1.54, 1.807) is 26.0 Å². The molecule has 0 saturated heterocycles. The maximum atomic E-state index is 13.5. The first-order chi connectivity index (χ1) is 8.97. The molecule has 0 spiro atoms. The Balaban J connectivity index is 2.17. The summed E-state index contributed by atoms with van der Waals surface area (Å²) in [7, 11) is 0. The van der Waals surface area contributed by atoms with E-state index in [9.17, 15) is 8.78 Å². The molecule has 0 unspecified atom stereocenters. The molecule has 0 fully saturated rings. The molecule has 4 nitrogen and oxygen atoms in total. The lowest BCUT2D eigenvalue weighted by Crippen LogP contribution is -2.07. The van der Waals surface area contributed by atoms with Gasteiger partial charge >= 0.3 is 0 Å². The molecule has 2 aromatic rings. The molecule has 6 heteroatoms. The van der Waals surface area contributed by atoms with Crippen molar-refractivity contribution in [3.05, 3.63) is 46.7 Å². The van der Waals surface area contributed by atoms with E-state index in [4.69, 9.17) is 5.73 Å². The van der Waals surface area contributed by atoms with Crippen LogP contribution in [0.15, 0.2) is 18.3 Å². The molecule has 0 aliphatic carbocycles. The second-order valence-corrected chi connectivity index (χ2v) is 4.32. The highest BCUT2D eigenvalue weighted by atomic mass is 19.1. The van der Waals surface area contributed by atoms with E-state index in [0.29, 0.717) is 17.7 Å². The molecule has 0 radical (unpaired) electrons. The van der Waals surface area contributed by atoms with Crippen molar-refractivity contribution in [2.45, 2.75) is 20.4 Å². The first-order valence-corrected chi connectivity index (χ1v) is 5.75. The highest BCUT2D eigenvalue weighted by molar-refractivity contribution is 5.41. The predicted octanol–water partition coefficient (Wildman–Crippen LogP) is 2.57. The van der Waals surface area contributed by atoms with E-state index < -0.39 is 5.82 Å². The van der Waals surface area contributed by atoms with Crippen LogP contribution in [0.3, 0.4) is 0 Å². The van der Waals surface area contributed by atoms with E-state index in [1.165, 1.54) is 0 Å². The van der Waals surface area contributed by atoms with Crippen LogP contribution in [0.4, 0.5) is 20.5 Å². The van der Waals surface area contributed by atoms with Gasteiger partial charge in [-0.25, -0.2) is 13.8 Å². The molecule has 100 valence electrons. The number of nitrogens with zero attached hydrogens (tertiary/aromatic N) is 2. The van der Waals surface area contributed by atoms with Crippen molar-refractivity contribution in [2.24, 2.45) is 0 Å². The molecule has 0 bridgehead atoms. The normalized spacial score (nSPS) is 10.5. The van der Waals surface area contributed by atoms with Gasteiger partial charge in [-0.2, -0.15) is 4.98 Å². The van der Waals surface area contributed by atoms with E-state index in [1.807, 2.05) is 0 Å². The Morgan fingerprint density at radius 3 is 2.47 bits per heavy atom. The Hall–Kier alpha value is -2.24. The van der Waals surface area contributed by atoms with E-state index in [2.05, 4.69) is 15.3 Å². The maximum Gasteiger partial charge on any atom is 0.222 e. The van der Waals surface area contributed by atoms with Crippen molar-refractivity contribution in [3.63, 3.8) is 0 Å². The molecule has 0 aliphatic heterocycles. The SMILES string of the molecule is Cc1cc(CNc2nc(N)ncc2F)cc(C)c1F. The van der Waals surface area contributed by atoms with Gasteiger partial charge in [-0.3, -0.25) is 0 Å². The highest BCUT2D eigenvalue weighted by Gasteiger charge is 2.07. The van der Waals surface area contributed by atoms with Crippen LogP contribution in [0.2, 0.25) is 0 Å². The second kappa shape index (κ2) is 5.17. The summed E-state index contributed by atoms with van der Waals surface area (Å²) in [4.78, 5) is 7.29. The van der Waals surface area contributed by atoms with Crippen LogP contribution in [0.5, 0.6) is 0 Å². The van der Waals surface area contributed by atoms with Crippen LogP contribution < -0.4 is 11.1 Å².